The summed E-state index contributed by atoms with van der Waals surface area (Å²) in [5, 5.41) is 12.7. The van der Waals surface area contributed by atoms with E-state index in [2.05, 4.69) is 0 Å². The average molecular weight is 317 g/mol. The van der Waals surface area contributed by atoms with Crippen LogP contribution in [0.5, 0.6) is 0 Å². The molecule has 0 aliphatic carbocycles. The van der Waals surface area contributed by atoms with Crippen LogP contribution in [0.4, 0.5) is 5.69 Å². The van der Waals surface area contributed by atoms with Crippen LogP contribution in [-0.4, -0.2) is 10.9 Å². The Labute approximate surface area is 132 Å². The van der Waals surface area contributed by atoms with Crippen molar-refractivity contribution < 1.29 is 14.5 Å². The lowest BCUT2D eigenvalue weighted by molar-refractivity contribution is -0.385. The molecule has 0 fully saturated rings. The van der Waals surface area contributed by atoms with Crippen molar-refractivity contribution in [3.63, 3.8) is 0 Å². The first-order valence-electron chi connectivity index (χ1n) is 6.64. The minimum atomic E-state index is -0.554. The molecular weight excluding hydrogens is 302 g/mol. The number of aryl methyl sites for hydroxylation is 1. The van der Waals surface area contributed by atoms with Crippen LogP contribution >= 0.6 is 11.3 Å². The summed E-state index contributed by atoms with van der Waals surface area (Å²) in [6, 6.07) is 8.05. The molecule has 2 aromatic rings. The molecule has 0 saturated carbocycles. The predicted molar refractivity (Wildman–Crippen MR) is 85.7 cm³/mol. The van der Waals surface area contributed by atoms with Gasteiger partial charge < -0.3 is 4.74 Å². The van der Waals surface area contributed by atoms with Gasteiger partial charge in [-0.1, -0.05) is 12.1 Å². The number of benzene rings is 1. The fourth-order valence-electron chi connectivity index (χ4n) is 1.87. The zero-order valence-corrected chi connectivity index (χ0v) is 13.0. The highest BCUT2D eigenvalue weighted by molar-refractivity contribution is 7.11. The number of carbonyl (C=O) groups is 1. The topological polar surface area (TPSA) is 69.4 Å². The van der Waals surface area contributed by atoms with Crippen LogP contribution in [0.15, 0.2) is 41.8 Å². The van der Waals surface area contributed by atoms with E-state index in [0.717, 1.165) is 10.4 Å². The Morgan fingerprint density at radius 2 is 2.18 bits per heavy atom. The van der Waals surface area contributed by atoms with Crippen molar-refractivity contribution in [3.05, 3.63) is 67.9 Å². The van der Waals surface area contributed by atoms with Crippen LogP contribution in [0.25, 0.3) is 6.08 Å². The van der Waals surface area contributed by atoms with E-state index in [9.17, 15) is 14.9 Å². The van der Waals surface area contributed by atoms with Crippen LogP contribution in [-0.2, 0) is 9.53 Å². The summed E-state index contributed by atoms with van der Waals surface area (Å²) < 4.78 is 5.27. The third kappa shape index (κ3) is 4.02. The van der Waals surface area contributed by atoms with E-state index in [4.69, 9.17) is 4.74 Å². The highest BCUT2D eigenvalue weighted by atomic mass is 32.1. The van der Waals surface area contributed by atoms with E-state index < -0.39 is 17.0 Å². The molecule has 0 aliphatic rings. The molecule has 22 heavy (non-hydrogen) atoms. The Morgan fingerprint density at radius 1 is 1.41 bits per heavy atom. The second-order valence-electron chi connectivity index (χ2n) is 4.73. The quantitative estimate of drug-likeness (QED) is 0.357. The first-order chi connectivity index (χ1) is 10.5. The minimum absolute atomic E-state index is 0.0230. The van der Waals surface area contributed by atoms with Crippen LogP contribution in [0, 0.1) is 17.0 Å². The van der Waals surface area contributed by atoms with E-state index in [-0.39, 0.29) is 5.69 Å². The van der Waals surface area contributed by atoms with E-state index in [1.54, 1.807) is 36.5 Å². The Balaban J connectivity index is 2.02. The monoisotopic (exact) mass is 317 g/mol. The van der Waals surface area contributed by atoms with Gasteiger partial charge in [0.05, 0.1) is 4.92 Å². The zero-order chi connectivity index (χ0) is 16.1. The zero-order valence-electron chi connectivity index (χ0n) is 12.2. The number of thiophene rings is 1. The lowest BCUT2D eigenvalue weighted by atomic mass is 10.1. The molecule has 0 aliphatic heterocycles. The summed E-state index contributed by atoms with van der Waals surface area (Å²) >= 11 is 1.54. The van der Waals surface area contributed by atoms with Gasteiger partial charge in [0.15, 0.2) is 0 Å². The van der Waals surface area contributed by atoms with E-state index >= 15 is 0 Å². The second-order valence-corrected chi connectivity index (χ2v) is 5.68. The molecule has 6 heteroatoms. The van der Waals surface area contributed by atoms with Crippen molar-refractivity contribution in [2.75, 3.05) is 0 Å². The van der Waals surface area contributed by atoms with Gasteiger partial charge >= 0.3 is 5.97 Å². The molecule has 0 saturated heterocycles. The molecule has 0 amide bonds. The van der Waals surface area contributed by atoms with Gasteiger partial charge in [-0.25, -0.2) is 4.79 Å². The number of hydrogen-bond acceptors (Lipinski definition) is 5. The molecule has 0 spiro atoms. The molecule has 5 nitrogen and oxygen atoms in total. The number of ether oxygens (including phenoxy) is 1. The van der Waals surface area contributed by atoms with Crippen LogP contribution < -0.4 is 0 Å². The van der Waals surface area contributed by atoms with E-state index in [0.29, 0.717) is 5.56 Å². The fourth-order valence-corrected chi connectivity index (χ4v) is 2.69. The number of nitro benzene ring substituents is 1. The van der Waals surface area contributed by atoms with E-state index in [1.165, 1.54) is 18.2 Å². The highest BCUT2D eigenvalue weighted by Crippen LogP contribution is 2.22. The van der Waals surface area contributed by atoms with Gasteiger partial charge in [0.25, 0.3) is 5.69 Å². The number of nitrogens with zero attached hydrogens (tertiary/aromatic N) is 1. The van der Waals surface area contributed by atoms with Gasteiger partial charge in [-0.2, -0.15) is 0 Å². The Bertz CT molecular complexity index is 720. The number of rotatable bonds is 5. The predicted octanol–water partition coefficient (Wildman–Crippen LogP) is 4.28. The smallest absolute Gasteiger partial charge is 0.331 e. The van der Waals surface area contributed by atoms with Crippen LogP contribution in [0.3, 0.4) is 0 Å². The minimum Gasteiger partial charge on any atom is -0.455 e. The number of non-ortho nitro benzene ring substituents is 1. The van der Waals surface area contributed by atoms with Gasteiger partial charge in [0, 0.05) is 23.1 Å². The summed E-state index contributed by atoms with van der Waals surface area (Å²) in [6.07, 6.45) is 2.52. The number of carbonyl (C=O) groups excluding carboxylic acids is 1. The maximum atomic E-state index is 11.8. The molecule has 0 unspecified atom stereocenters. The summed E-state index contributed by atoms with van der Waals surface area (Å²) in [5.74, 6) is -0.480. The largest absolute Gasteiger partial charge is 0.455 e. The van der Waals surface area contributed by atoms with Crippen molar-refractivity contribution >= 4 is 29.1 Å². The molecule has 2 rings (SSSR count). The van der Waals surface area contributed by atoms with Crippen molar-refractivity contribution in [2.45, 2.75) is 20.0 Å². The summed E-state index contributed by atoms with van der Waals surface area (Å²) in [4.78, 5) is 23.1. The third-order valence-corrected chi connectivity index (χ3v) is 4.10. The fraction of sp³-hybridized carbons (Fsp3) is 0.188. The standard InChI is InChI=1S/C16H15NO4S/c1-11-8-9-22-15(11)6-7-16(18)21-12(2)13-4-3-5-14(10-13)17(19)20/h3-10,12H,1-2H3/b7-6+/t12-/m1/s1. The molecular formula is C16H15NO4S. The molecule has 1 heterocycles. The van der Waals surface area contributed by atoms with Crippen molar-refractivity contribution in [2.24, 2.45) is 0 Å². The number of hydrogen-bond donors (Lipinski definition) is 0. The molecule has 0 bridgehead atoms. The Hall–Kier alpha value is -2.47. The maximum Gasteiger partial charge on any atom is 0.331 e. The van der Waals surface area contributed by atoms with Crippen molar-refractivity contribution in [1.82, 2.24) is 0 Å². The van der Waals surface area contributed by atoms with Gasteiger partial charge in [-0.05, 0) is 42.5 Å². The maximum absolute atomic E-state index is 11.8. The van der Waals surface area contributed by atoms with Crippen LogP contribution in [0.1, 0.15) is 29.0 Å². The summed E-state index contributed by atoms with van der Waals surface area (Å²) in [5.41, 5.74) is 1.66. The molecule has 1 aromatic heterocycles. The molecule has 114 valence electrons. The average Bonchev–Trinajstić information content (AvgIpc) is 2.90. The second kappa shape index (κ2) is 7.00. The van der Waals surface area contributed by atoms with Gasteiger partial charge in [0.2, 0.25) is 0 Å². The normalized spacial score (nSPS) is 12.3. The number of esters is 1. The summed E-state index contributed by atoms with van der Waals surface area (Å²) in [7, 11) is 0. The molecule has 0 N–H and O–H groups in total. The lowest BCUT2D eigenvalue weighted by Gasteiger charge is -2.11. The highest BCUT2D eigenvalue weighted by Gasteiger charge is 2.13. The molecule has 0 radical (unpaired) electrons. The van der Waals surface area contributed by atoms with E-state index in [1.807, 2.05) is 18.4 Å². The van der Waals surface area contributed by atoms with Crippen molar-refractivity contribution in [3.8, 4) is 0 Å². The van der Waals surface area contributed by atoms with Gasteiger partial charge in [-0.3, -0.25) is 10.1 Å². The number of nitro groups is 1. The molecule has 1 aromatic carbocycles. The Morgan fingerprint density at radius 3 is 2.82 bits per heavy atom. The molecule has 1 atom stereocenters. The third-order valence-electron chi connectivity index (χ3n) is 3.12. The first-order valence-corrected chi connectivity index (χ1v) is 7.52. The Kier molecular flexibility index (Phi) is 5.06. The van der Waals surface area contributed by atoms with Crippen molar-refractivity contribution in [1.29, 1.82) is 0 Å². The SMILES string of the molecule is Cc1ccsc1/C=C/C(=O)O[C@H](C)c1cccc([N+](=O)[O-])c1. The first kappa shape index (κ1) is 15.9. The summed E-state index contributed by atoms with van der Waals surface area (Å²) in [6.45, 7) is 3.65. The lowest BCUT2D eigenvalue weighted by Crippen LogP contribution is -2.06. The van der Waals surface area contributed by atoms with Gasteiger partial charge in [0.1, 0.15) is 6.10 Å². The van der Waals surface area contributed by atoms with Gasteiger partial charge in [-0.15, -0.1) is 11.3 Å². The van der Waals surface area contributed by atoms with Crippen LogP contribution in [0.2, 0.25) is 0 Å².